The number of carbonyl (C=O) groups is 1. The number of hydrogen-bond donors (Lipinski definition) is 2. The van der Waals surface area contributed by atoms with Crippen molar-refractivity contribution >= 4 is 23.2 Å². The van der Waals surface area contributed by atoms with Gasteiger partial charge >= 0.3 is 0 Å². The van der Waals surface area contributed by atoms with Gasteiger partial charge in [-0.2, -0.15) is 0 Å². The van der Waals surface area contributed by atoms with Crippen molar-refractivity contribution < 1.29 is 9.90 Å². The third kappa shape index (κ3) is 4.82. The van der Waals surface area contributed by atoms with Crippen molar-refractivity contribution in [3.63, 3.8) is 0 Å². The standard InChI is InChI=1S/C20H23ClN2O2/c21-18-10-3-2-9-17(18)19(24)20(25)22-16-8-6-7-15(13-16)14-23-11-4-1-5-12-23/h2-3,6-10,13,19,24H,1,4-5,11-12,14H2,(H,22,25)/t19-/m1/s1. The summed E-state index contributed by atoms with van der Waals surface area (Å²) in [5, 5.41) is 13.4. The van der Waals surface area contributed by atoms with Gasteiger partial charge in [-0.15, -0.1) is 0 Å². The molecule has 2 aromatic carbocycles. The Morgan fingerprint density at radius 2 is 1.88 bits per heavy atom. The van der Waals surface area contributed by atoms with Gasteiger partial charge in [-0.05, 0) is 49.7 Å². The number of aliphatic hydroxyl groups is 1. The molecule has 3 rings (SSSR count). The van der Waals surface area contributed by atoms with Crippen LogP contribution in [0.15, 0.2) is 48.5 Å². The molecule has 132 valence electrons. The zero-order chi connectivity index (χ0) is 17.6. The minimum absolute atomic E-state index is 0.379. The van der Waals surface area contributed by atoms with Gasteiger partial charge in [-0.3, -0.25) is 9.69 Å². The molecule has 1 fully saturated rings. The largest absolute Gasteiger partial charge is 0.378 e. The van der Waals surface area contributed by atoms with Crippen molar-refractivity contribution in [3.8, 4) is 0 Å². The second kappa shape index (κ2) is 8.48. The van der Waals surface area contributed by atoms with Gasteiger partial charge in [0.1, 0.15) is 0 Å². The highest BCUT2D eigenvalue weighted by Crippen LogP contribution is 2.24. The Balaban J connectivity index is 1.65. The van der Waals surface area contributed by atoms with E-state index in [1.807, 2.05) is 18.2 Å². The summed E-state index contributed by atoms with van der Waals surface area (Å²) in [4.78, 5) is 14.8. The molecular weight excluding hydrogens is 336 g/mol. The van der Waals surface area contributed by atoms with Crippen LogP contribution in [0.5, 0.6) is 0 Å². The Morgan fingerprint density at radius 3 is 2.64 bits per heavy atom. The van der Waals surface area contributed by atoms with Crippen LogP contribution >= 0.6 is 11.6 Å². The third-order valence-corrected chi connectivity index (χ3v) is 4.84. The fraction of sp³-hybridized carbons (Fsp3) is 0.350. The van der Waals surface area contributed by atoms with E-state index in [1.54, 1.807) is 24.3 Å². The van der Waals surface area contributed by atoms with Gasteiger partial charge in [0.15, 0.2) is 6.10 Å². The predicted octanol–water partition coefficient (Wildman–Crippen LogP) is 4.00. The molecule has 1 saturated heterocycles. The molecule has 0 spiro atoms. The summed E-state index contributed by atoms with van der Waals surface area (Å²) in [6.07, 6.45) is 2.52. The summed E-state index contributed by atoms with van der Waals surface area (Å²) in [6, 6.07) is 14.6. The van der Waals surface area contributed by atoms with Crippen molar-refractivity contribution in [2.45, 2.75) is 31.9 Å². The summed E-state index contributed by atoms with van der Waals surface area (Å²) in [6.45, 7) is 3.14. The van der Waals surface area contributed by atoms with Crippen LogP contribution in [0.25, 0.3) is 0 Å². The van der Waals surface area contributed by atoms with Crippen LogP contribution in [-0.4, -0.2) is 29.0 Å². The number of hydrogen-bond acceptors (Lipinski definition) is 3. The van der Waals surface area contributed by atoms with Gasteiger partial charge in [-0.1, -0.05) is 48.4 Å². The Morgan fingerprint density at radius 1 is 1.12 bits per heavy atom. The predicted molar refractivity (Wildman–Crippen MR) is 101 cm³/mol. The molecule has 0 aliphatic carbocycles. The van der Waals surface area contributed by atoms with E-state index >= 15 is 0 Å². The molecular formula is C20H23ClN2O2. The Kier molecular flexibility index (Phi) is 6.08. The topological polar surface area (TPSA) is 52.6 Å². The second-order valence-electron chi connectivity index (χ2n) is 6.45. The molecule has 0 bridgehead atoms. The van der Waals surface area contributed by atoms with Crippen LogP contribution < -0.4 is 5.32 Å². The SMILES string of the molecule is O=C(Nc1cccc(CN2CCCCC2)c1)[C@H](O)c1ccccc1Cl. The summed E-state index contributed by atoms with van der Waals surface area (Å²) in [5.41, 5.74) is 2.25. The minimum atomic E-state index is -1.29. The number of anilines is 1. The lowest BCUT2D eigenvalue weighted by Gasteiger charge is -2.26. The Labute approximate surface area is 153 Å². The number of nitrogens with one attached hydrogen (secondary N) is 1. The number of piperidine rings is 1. The maximum Gasteiger partial charge on any atom is 0.257 e. The molecule has 1 aliphatic rings. The first-order chi connectivity index (χ1) is 12.1. The lowest BCUT2D eigenvalue weighted by molar-refractivity contribution is -0.124. The van der Waals surface area contributed by atoms with Crippen LogP contribution in [0, 0.1) is 0 Å². The van der Waals surface area contributed by atoms with Crippen molar-refractivity contribution in [3.05, 3.63) is 64.7 Å². The molecule has 0 radical (unpaired) electrons. The second-order valence-corrected chi connectivity index (χ2v) is 6.86. The lowest BCUT2D eigenvalue weighted by atomic mass is 10.1. The molecule has 1 heterocycles. The van der Waals surface area contributed by atoms with Crippen LogP contribution in [0.2, 0.25) is 5.02 Å². The van der Waals surface area contributed by atoms with Crippen molar-refractivity contribution in [1.82, 2.24) is 4.90 Å². The van der Waals surface area contributed by atoms with E-state index in [0.717, 1.165) is 25.2 Å². The molecule has 0 saturated carbocycles. The monoisotopic (exact) mass is 358 g/mol. The molecule has 1 atom stereocenters. The van der Waals surface area contributed by atoms with Gasteiger partial charge in [0.2, 0.25) is 0 Å². The zero-order valence-electron chi connectivity index (χ0n) is 14.1. The number of amides is 1. The minimum Gasteiger partial charge on any atom is -0.378 e. The van der Waals surface area contributed by atoms with E-state index in [9.17, 15) is 9.90 Å². The molecule has 5 heteroatoms. The fourth-order valence-electron chi connectivity index (χ4n) is 3.17. The lowest BCUT2D eigenvalue weighted by Crippen LogP contribution is -2.29. The smallest absolute Gasteiger partial charge is 0.257 e. The molecule has 1 aliphatic heterocycles. The van der Waals surface area contributed by atoms with Crippen LogP contribution in [0.3, 0.4) is 0 Å². The van der Waals surface area contributed by atoms with Gasteiger partial charge in [0.25, 0.3) is 5.91 Å². The number of nitrogens with zero attached hydrogens (tertiary/aromatic N) is 1. The fourth-order valence-corrected chi connectivity index (χ4v) is 3.41. The maximum atomic E-state index is 12.3. The Bertz CT molecular complexity index is 729. The van der Waals surface area contributed by atoms with Crippen molar-refractivity contribution in [1.29, 1.82) is 0 Å². The average molecular weight is 359 g/mol. The molecule has 4 nitrogen and oxygen atoms in total. The van der Waals surface area contributed by atoms with Gasteiger partial charge in [0.05, 0.1) is 0 Å². The Hall–Kier alpha value is -1.88. The first kappa shape index (κ1) is 17.9. The summed E-state index contributed by atoms with van der Waals surface area (Å²) in [7, 11) is 0. The van der Waals surface area contributed by atoms with Crippen LogP contribution in [-0.2, 0) is 11.3 Å². The molecule has 0 aromatic heterocycles. The van der Waals surface area contributed by atoms with Crippen LogP contribution in [0.4, 0.5) is 5.69 Å². The molecule has 1 amide bonds. The highest BCUT2D eigenvalue weighted by atomic mass is 35.5. The van der Waals surface area contributed by atoms with Gasteiger partial charge in [-0.25, -0.2) is 0 Å². The number of aliphatic hydroxyl groups excluding tert-OH is 1. The number of halogens is 1. The average Bonchev–Trinajstić information content (AvgIpc) is 2.63. The molecule has 25 heavy (non-hydrogen) atoms. The molecule has 2 aromatic rings. The van der Waals surface area contributed by atoms with Crippen LogP contribution in [0.1, 0.15) is 36.5 Å². The number of benzene rings is 2. The number of rotatable bonds is 5. The normalized spacial score (nSPS) is 16.4. The van der Waals surface area contributed by atoms with Crippen molar-refractivity contribution in [2.75, 3.05) is 18.4 Å². The van der Waals surface area contributed by atoms with E-state index in [1.165, 1.54) is 19.3 Å². The van der Waals surface area contributed by atoms with E-state index in [-0.39, 0.29) is 0 Å². The van der Waals surface area contributed by atoms with Gasteiger partial charge < -0.3 is 10.4 Å². The van der Waals surface area contributed by atoms with E-state index in [2.05, 4.69) is 16.3 Å². The first-order valence-electron chi connectivity index (χ1n) is 8.68. The van der Waals surface area contributed by atoms with Gasteiger partial charge in [0, 0.05) is 22.8 Å². The summed E-state index contributed by atoms with van der Waals surface area (Å²) < 4.78 is 0. The number of carbonyl (C=O) groups excluding carboxylic acids is 1. The molecule has 0 unspecified atom stereocenters. The van der Waals surface area contributed by atoms with E-state index in [4.69, 9.17) is 11.6 Å². The maximum absolute atomic E-state index is 12.3. The van der Waals surface area contributed by atoms with E-state index in [0.29, 0.717) is 16.3 Å². The van der Waals surface area contributed by atoms with E-state index < -0.39 is 12.0 Å². The number of likely N-dealkylation sites (tertiary alicyclic amines) is 1. The highest BCUT2D eigenvalue weighted by Gasteiger charge is 2.20. The quantitative estimate of drug-likeness (QED) is 0.849. The van der Waals surface area contributed by atoms with Crippen molar-refractivity contribution in [2.24, 2.45) is 0 Å². The molecule has 2 N–H and O–H groups in total. The third-order valence-electron chi connectivity index (χ3n) is 4.50. The summed E-state index contributed by atoms with van der Waals surface area (Å²) in [5.74, 6) is -0.483. The summed E-state index contributed by atoms with van der Waals surface area (Å²) >= 11 is 6.05. The highest BCUT2D eigenvalue weighted by molar-refractivity contribution is 6.31. The zero-order valence-corrected chi connectivity index (χ0v) is 14.9. The first-order valence-corrected chi connectivity index (χ1v) is 9.06.